The Morgan fingerprint density at radius 3 is 2.71 bits per heavy atom. The van der Waals surface area contributed by atoms with Crippen LogP contribution >= 0.6 is 0 Å². The predicted octanol–water partition coefficient (Wildman–Crippen LogP) is 3.30. The first kappa shape index (κ1) is 15.4. The van der Waals surface area contributed by atoms with Crippen LogP contribution in [0.4, 0.5) is 0 Å². The molecule has 5 heteroatoms. The number of rotatable bonds is 5. The van der Waals surface area contributed by atoms with Gasteiger partial charge in [-0.05, 0) is 55.8 Å². The number of likely N-dealkylation sites (tertiary alicyclic amines) is 1. The number of carboxylic acids is 1. The van der Waals surface area contributed by atoms with Crippen LogP contribution in [0.25, 0.3) is 0 Å². The summed E-state index contributed by atoms with van der Waals surface area (Å²) in [6, 6.07) is 8.06. The summed E-state index contributed by atoms with van der Waals surface area (Å²) in [5.41, 5.74) is 1.60. The lowest BCUT2D eigenvalue weighted by molar-refractivity contribution is 0.0697. The van der Waals surface area contributed by atoms with Crippen molar-refractivity contribution < 1.29 is 9.90 Å². The average molecular weight is 325 g/mol. The normalized spacial score (nSPS) is 21.8. The molecule has 1 N–H and O–H groups in total. The van der Waals surface area contributed by atoms with Gasteiger partial charge in [0.05, 0.1) is 12.1 Å². The summed E-state index contributed by atoms with van der Waals surface area (Å²) in [7, 11) is 0. The number of hydrogen-bond acceptors (Lipinski definition) is 3. The first-order chi connectivity index (χ1) is 11.7. The molecule has 1 aromatic carbocycles. The molecule has 2 aliphatic rings. The molecular weight excluding hydrogens is 302 g/mol. The van der Waals surface area contributed by atoms with E-state index in [1.54, 1.807) is 12.1 Å². The Bertz CT molecular complexity index is 718. The first-order valence-corrected chi connectivity index (χ1v) is 8.78. The largest absolute Gasteiger partial charge is 0.478 e. The fourth-order valence-corrected chi connectivity index (χ4v) is 3.72. The molecule has 1 saturated heterocycles. The molecule has 1 unspecified atom stereocenters. The molecule has 2 heterocycles. The van der Waals surface area contributed by atoms with Gasteiger partial charge in [-0.25, -0.2) is 9.78 Å². The van der Waals surface area contributed by atoms with Crippen molar-refractivity contribution in [2.24, 2.45) is 0 Å². The zero-order valence-corrected chi connectivity index (χ0v) is 13.8. The van der Waals surface area contributed by atoms with Crippen molar-refractivity contribution in [1.82, 2.24) is 14.5 Å². The molecule has 1 atom stereocenters. The Morgan fingerprint density at radius 1 is 1.21 bits per heavy atom. The molecule has 0 radical (unpaired) electrons. The lowest BCUT2D eigenvalue weighted by atomic mass is 9.90. The molecular formula is C19H23N3O2. The van der Waals surface area contributed by atoms with Gasteiger partial charge in [0.15, 0.2) is 0 Å². The third-order valence-corrected chi connectivity index (χ3v) is 5.19. The fraction of sp³-hybridized carbons (Fsp3) is 0.474. The Labute approximate surface area is 141 Å². The highest BCUT2D eigenvalue weighted by Crippen LogP contribution is 2.36. The minimum Gasteiger partial charge on any atom is -0.478 e. The number of aromatic carboxylic acids is 1. The third kappa shape index (κ3) is 3.22. The molecule has 0 bridgehead atoms. The topological polar surface area (TPSA) is 58.4 Å². The maximum atomic E-state index is 11.0. The summed E-state index contributed by atoms with van der Waals surface area (Å²) < 4.78 is 2.34. The molecule has 2 fully saturated rings. The van der Waals surface area contributed by atoms with Gasteiger partial charge in [0.1, 0.15) is 5.82 Å². The van der Waals surface area contributed by atoms with Crippen LogP contribution in [-0.4, -0.2) is 38.6 Å². The van der Waals surface area contributed by atoms with Gasteiger partial charge in [-0.3, -0.25) is 4.90 Å². The van der Waals surface area contributed by atoms with Crippen LogP contribution in [0.5, 0.6) is 0 Å². The average Bonchev–Trinajstić information content (AvgIpc) is 3.35. The smallest absolute Gasteiger partial charge is 0.335 e. The van der Waals surface area contributed by atoms with Gasteiger partial charge in [0, 0.05) is 25.0 Å². The van der Waals surface area contributed by atoms with E-state index in [4.69, 9.17) is 5.11 Å². The predicted molar refractivity (Wildman–Crippen MR) is 91.2 cm³/mol. The van der Waals surface area contributed by atoms with E-state index in [1.165, 1.54) is 37.1 Å². The van der Waals surface area contributed by atoms with Crippen molar-refractivity contribution in [3.63, 3.8) is 0 Å². The highest BCUT2D eigenvalue weighted by Gasteiger charge is 2.27. The molecule has 1 saturated carbocycles. The monoisotopic (exact) mass is 325 g/mol. The third-order valence-electron chi connectivity index (χ3n) is 5.19. The highest BCUT2D eigenvalue weighted by molar-refractivity contribution is 5.87. The van der Waals surface area contributed by atoms with Crippen LogP contribution in [0.2, 0.25) is 0 Å². The summed E-state index contributed by atoms with van der Waals surface area (Å²) in [5, 5.41) is 9.03. The van der Waals surface area contributed by atoms with Crippen LogP contribution in [0.1, 0.15) is 59.4 Å². The number of aromatic nitrogens is 2. The van der Waals surface area contributed by atoms with Gasteiger partial charge in [-0.2, -0.15) is 0 Å². The number of carbonyl (C=O) groups is 1. The Balaban J connectivity index is 1.43. The number of carboxylic acid groups (broad SMARTS) is 1. The summed E-state index contributed by atoms with van der Waals surface area (Å²) in [6.45, 7) is 3.04. The number of hydrogen-bond donors (Lipinski definition) is 1. The molecule has 0 amide bonds. The van der Waals surface area contributed by atoms with E-state index in [1.807, 2.05) is 18.3 Å². The molecule has 4 rings (SSSR count). The maximum absolute atomic E-state index is 11.0. The molecule has 1 aromatic heterocycles. The van der Waals surface area contributed by atoms with E-state index in [-0.39, 0.29) is 0 Å². The summed E-state index contributed by atoms with van der Waals surface area (Å²) in [5.74, 6) is 0.795. The van der Waals surface area contributed by atoms with Crippen molar-refractivity contribution in [3.8, 4) is 0 Å². The lowest BCUT2D eigenvalue weighted by Crippen LogP contribution is -2.34. The number of benzene rings is 1. The van der Waals surface area contributed by atoms with Crippen molar-refractivity contribution in [3.05, 3.63) is 53.6 Å². The number of nitrogens with zero attached hydrogens (tertiary/aromatic N) is 3. The summed E-state index contributed by atoms with van der Waals surface area (Å²) in [6.07, 6.45) is 8.93. The van der Waals surface area contributed by atoms with Crippen molar-refractivity contribution in [2.75, 3.05) is 13.1 Å². The van der Waals surface area contributed by atoms with Gasteiger partial charge in [0.25, 0.3) is 0 Å². The molecule has 126 valence electrons. The second-order valence-corrected chi connectivity index (χ2v) is 6.98. The SMILES string of the molecule is O=C(O)c1ccc(C2CCCN(Cc3nccn3C3CC3)C2)cc1. The van der Waals surface area contributed by atoms with Crippen LogP contribution in [-0.2, 0) is 6.54 Å². The van der Waals surface area contributed by atoms with E-state index in [0.717, 1.165) is 19.6 Å². The molecule has 0 spiro atoms. The number of piperidine rings is 1. The minimum atomic E-state index is -0.862. The molecule has 1 aliphatic heterocycles. The summed E-state index contributed by atoms with van der Waals surface area (Å²) in [4.78, 5) is 18.0. The minimum absolute atomic E-state index is 0.359. The van der Waals surface area contributed by atoms with E-state index >= 15 is 0 Å². The molecule has 1 aliphatic carbocycles. The van der Waals surface area contributed by atoms with Crippen LogP contribution in [0.15, 0.2) is 36.7 Å². The zero-order chi connectivity index (χ0) is 16.5. The zero-order valence-electron chi connectivity index (χ0n) is 13.8. The van der Waals surface area contributed by atoms with Gasteiger partial charge < -0.3 is 9.67 Å². The lowest BCUT2D eigenvalue weighted by Gasteiger charge is -2.33. The van der Waals surface area contributed by atoms with Crippen LogP contribution in [0.3, 0.4) is 0 Å². The quantitative estimate of drug-likeness (QED) is 0.916. The van der Waals surface area contributed by atoms with Gasteiger partial charge in [-0.15, -0.1) is 0 Å². The van der Waals surface area contributed by atoms with Crippen molar-refractivity contribution >= 4 is 5.97 Å². The van der Waals surface area contributed by atoms with E-state index < -0.39 is 5.97 Å². The van der Waals surface area contributed by atoms with E-state index in [0.29, 0.717) is 17.5 Å². The van der Waals surface area contributed by atoms with E-state index in [2.05, 4.69) is 20.6 Å². The standard InChI is InChI=1S/C19H23N3O2/c23-19(24)15-5-3-14(4-6-15)16-2-1-10-21(12-16)13-18-20-9-11-22(18)17-7-8-17/h3-6,9,11,16-17H,1-2,7-8,10,12-13H2,(H,23,24). The summed E-state index contributed by atoms with van der Waals surface area (Å²) >= 11 is 0. The van der Waals surface area contributed by atoms with Crippen molar-refractivity contribution in [1.29, 1.82) is 0 Å². The second-order valence-electron chi connectivity index (χ2n) is 6.98. The number of imidazole rings is 1. The highest BCUT2D eigenvalue weighted by atomic mass is 16.4. The Kier molecular flexibility index (Phi) is 4.10. The van der Waals surface area contributed by atoms with Crippen molar-refractivity contribution in [2.45, 2.75) is 44.2 Å². The first-order valence-electron chi connectivity index (χ1n) is 8.78. The Hall–Kier alpha value is -2.14. The van der Waals surface area contributed by atoms with Crippen LogP contribution < -0.4 is 0 Å². The second kappa shape index (κ2) is 6.40. The molecule has 24 heavy (non-hydrogen) atoms. The van der Waals surface area contributed by atoms with E-state index in [9.17, 15) is 4.79 Å². The molecule has 5 nitrogen and oxygen atoms in total. The van der Waals surface area contributed by atoms with Gasteiger partial charge in [-0.1, -0.05) is 12.1 Å². The fourth-order valence-electron chi connectivity index (χ4n) is 3.72. The van der Waals surface area contributed by atoms with Gasteiger partial charge >= 0.3 is 5.97 Å². The maximum Gasteiger partial charge on any atom is 0.335 e. The Morgan fingerprint density at radius 2 is 2.00 bits per heavy atom. The van der Waals surface area contributed by atoms with Gasteiger partial charge in [0.2, 0.25) is 0 Å². The molecule has 2 aromatic rings. The van der Waals surface area contributed by atoms with Crippen LogP contribution in [0, 0.1) is 0 Å².